The summed E-state index contributed by atoms with van der Waals surface area (Å²) in [6.07, 6.45) is 0.991. The van der Waals surface area contributed by atoms with Crippen molar-refractivity contribution in [3.63, 3.8) is 0 Å². The van der Waals surface area contributed by atoms with Crippen LogP contribution < -0.4 is 5.32 Å². The Bertz CT molecular complexity index is 166. The molecule has 1 aliphatic rings. The second-order valence-corrected chi connectivity index (χ2v) is 1.40. The van der Waals surface area contributed by atoms with Crippen LogP contribution in [0.15, 0.2) is 4.99 Å². The zero-order valence-electron chi connectivity index (χ0n) is 5.05. The van der Waals surface area contributed by atoms with Gasteiger partial charge in [-0.3, -0.25) is 9.59 Å². The molecular formula is C4H4N2NaO2. The van der Waals surface area contributed by atoms with E-state index in [-0.39, 0.29) is 47.8 Å². The summed E-state index contributed by atoms with van der Waals surface area (Å²) in [4.78, 5) is 23.7. The molecule has 0 saturated carbocycles. The number of amides is 2. The molecule has 2 amide bonds. The van der Waals surface area contributed by atoms with E-state index in [0.717, 1.165) is 6.34 Å². The van der Waals surface area contributed by atoms with Gasteiger partial charge >= 0.3 is 0 Å². The number of hydrogen-bond acceptors (Lipinski definition) is 2. The molecule has 1 N–H and O–H groups in total. The Balaban J connectivity index is 0.000000640. The van der Waals surface area contributed by atoms with E-state index in [1.807, 2.05) is 0 Å². The van der Waals surface area contributed by atoms with Crippen LogP contribution in [0.5, 0.6) is 0 Å². The molecule has 0 aromatic rings. The van der Waals surface area contributed by atoms with Gasteiger partial charge < -0.3 is 5.32 Å². The van der Waals surface area contributed by atoms with Gasteiger partial charge in [-0.2, -0.15) is 0 Å². The predicted octanol–water partition coefficient (Wildman–Crippen LogP) is -1.32. The molecule has 0 bridgehead atoms. The van der Waals surface area contributed by atoms with Crippen molar-refractivity contribution >= 4 is 47.7 Å². The Labute approximate surface area is 74.0 Å². The van der Waals surface area contributed by atoms with E-state index in [4.69, 9.17) is 0 Å². The normalized spacial score (nSPS) is 16.4. The van der Waals surface area contributed by atoms with Crippen LogP contribution in [0.2, 0.25) is 0 Å². The average molecular weight is 135 g/mol. The minimum atomic E-state index is -0.381. The Hall–Kier alpha value is -0.190. The molecule has 1 rings (SSSR count). The maximum atomic E-state index is 10.3. The van der Waals surface area contributed by atoms with Gasteiger partial charge in [0.05, 0.1) is 6.34 Å². The number of carbonyl (C=O) groups excluding carboxylic acids is 2. The van der Waals surface area contributed by atoms with Crippen molar-refractivity contribution in [2.75, 3.05) is 0 Å². The van der Waals surface area contributed by atoms with E-state index < -0.39 is 0 Å². The zero-order chi connectivity index (χ0) is 5.98. The monoisotopic (exact) mass is 135 g/mol. The summed E-state index contributed by atoms with van der Waals surface area (Å²) in [6, 6.07) is 0. The van der Waals surface area contributed by atoms with Gasteiger partial charge in [0, 0.05) is 29.6 Å². The van der Waals surface area contributed by atoms with Crippen LogP contribution in [0.1, 0.15) is 6.42 Å². The third-order valence-corrected chi connectivity index (χ3v) is 0.746. The van der Waals surface area contributed by atoms with E-state index in [1.165, 1.54) is 0 Å². The van der Waals surface area contributed by atoms with Gasteiger partial charge in [-0.1, -0.05) is 0 Å². The van der Waals surface area contributed by atoms with Gasteiger partial charge in [0.25, 0.3) is 5.91 Å². The second kappa shape index (κ2) is 3.76. The summed E-state index contributed by atoms with van der Waals surface area (Å²) >= 11 is 0. The van der Waals surface area contributed by atoms with E-state index in [1.54, 1.807) is 0 Å². The number of nitrogens with zero attached hydrogens (tertiary/aromatic N) is 1. The SMILES string of the molecule is O=C1CC(=O)NC=N1.[Na]. The summed E-state index contributed by atoms with van der Waals surface area (Å²) in [5, 5.41) is 2.26. The topological polar surface area (TPSA) is 58.5 Å². The molecule has 0 aromatic heterocycles. The Kier molecular flexibility index (Phi) is 3.68. The van der Waals surface area contributed by atoms with Crippen molar-refractivity contribution in [1.29, 1.82) is 0 Å². The molecule has 4 nitrogen and oxygen atoms in total. The molecule has 0 unspecified atom stereocenters. The minimum Gasteiger partial charge on any atom is -0.316 e. The van der Waals surface area contributed by atoms with Crippen LogP contribution in [0.25, 0.3) is 0 Å². The van der Waals surface area contributed by atoms with Crippen LogP contribution in [0, 0.1) is 0 Å². The number of aliphatic imine (C=N–C) groups is 1. The smallest absolute Gasteiger partial charge is 0.256 e. The number of nitrogens with one attached hydrogen (secondary N) is 1. The molecule has 5 heteroatoms. The molecule has 0 spiro atoms. The van der Waals surface area contributed by atoms with E-state index in [2.05, 4.69) is 10.3 Å². The maximum absolute atomic E-state index is 10.3. The van der Waals surface area contributed by atoms with E-state index in [9.17, 15) is 9.59 Å². The van der Waals surface area contributed by atoms with Crippen molar-refractivity contribution in [2.45, 2.75) is 6.42 Å². The molecule has 0 aliphatic carbocycles. The molecule has 0 aromatic carbocycles. The summed E-state index contributed by atoms with van der Waals surface area (Å²) < 4.78 is 0. The minimum absolute atomic E-state index is 0. The standard InChI is InChI=1S/C4H4N2O2.Na/c7-3-1-4(8)6-2-5-3;/h2H,1H2,(H,5,6,7,8);. The van der Waals surface area contributed by atoms with Crippen LogP contribution in [0.4, 0.5) is 0 Å². The molecule has 9 heavy (non-hydrogen) atoms. The van der Waals surface area contributed by atoms with Crippen molar-refractivity contribution in [3.05, 3.63) is 0 Å². The molecule has 0 atom stereocenters. The molecule has 1 aliphatic heterocycles. The van der Waals surface area contributed by atoms with Crippen LogP contribution in [-0.2, 0) is 9.59 Å². The summed E-state index contributed by atoms with van der Waals surface area (Å²) in [5.41, 5.74) is 0. The third kappa shape index (κ3) is 2.74. The van der Waals surface area contributed by atoms with Crippen LogP contribution in [0.3, 0.4) is 0 Å². The fourth-order valence-corrected chi connectivity index (χ4v) is 0.410. The Morgan fingerprint density at radius 1 is 1.56 bits per heavy atom. The molecule has 1 radical (unpaired) electrons. The predicted molar refractivity (Wildman–Crippen MR) is 32.0 cm³/mol. The largest absolute Gasteiger partial charge is 0.316 e. The first-order valence-corrected chi connectivity index (χ1v) is 2.14. The van der Waals surface area contributed by atoms with Gasteiger partial charge in [-0.25, -0.2) is 4.99 Å². The van der Waals surface area contributed by atoms with Gasteiger partial charge in [0.1, 0.15) is 6.42 Å². The van der Waals surface area contributed by atoms with E-state index in [0.29, 0.717) is 0 Å². The Morgan fingerprint density at radius 2 is 2.22 bits per heavy atom. The van der Waals surface area contributed by atoms with Crippen molar-refractivity contribution in [3.8, 4) is 0 Å². The fraction of sp³-hybridized carbons (Fsp3) is 0.250. The van der Waals surface area contributed by atoms with Crippen molar-refractivity contribution < 1.29 is 9.59 Å². The second-order valence-electron chi connectivity index (χ2n) is 1.40. The summed E-state index contributed by atoms with van der Waals surface area (Å²) in [5.74, 6) is -0.668. The van der Waals surface area contributed by atoms with Gasteiger partial charge in [0.2, 0.25) is 5.91 Å². The van der Waals surface area contributed by atoms with Gasteiger partial charge in [0.15, 0.2) is 0 Å². The first-order chi connectivity index (χ1) is 3.79. The fourth-order valence-electron chi connectivity index (χ4n) is 0.410. The average Bonchev–Trinajstić information content (AvgIpc) is 1.64. The van der Waals surface area contributed by atoms with Gasteiger partial charge in [-0.05, 0) is 0 Å². The maximum Gasteiger partial charge on any atom is 0.256 e. The van der Waals surface area contributed by atoms with Gasteiger partial charge in [-0.15, -0.1) is 0 Å². The molecule has 0 fully saturated rings. The molecule has 1 heterocycles. The van der Waals surface area contributed by atoms with Crippen LogP contribution in [-0.4, -0.2) is 47.7 Å². The Morgan fingerprint density at radius 3 is 2.56 bits per heavy atom. The summed E-state index contributed by atoms with van der Waals surface area (Å²) in [7, 11) is 0. The van der Waals surface area contributed by atoms with Crippen LogP contribution >= 0.6 is 0 Å². The van der Waals surface area contributed by atoms with E-state index >= 15 is 0 Å². The van der Waals surface area contributed by atoms with Crippen molar-refractivity contribution in [1.82, 2.24) is 5.32 Å². The first kappa shape index (κ1) is 8.81. The van der Waals surface area contributed by atoms with Crippen molar-refractivity contribution in [2.24, 2.45) is 4.99 Å². The number of hydrogen-bond donors (Lipinski definition) is 1. The summed E-state index contributed by atoms with van der Waals surface area (Å²) in [6.45, 7) is 0. The molecular weight excluding hydrogens is 131 g/mol. The zero-order valence-corrected chi connectivity index (χ0v) is 7.05. The quantitative estimate of drug-likeness (QED) is 0.331. The first-order valence-electron chi connectivity index (χ1n) is 2.14. The number of rotatable bonds is 0. The molecule has 0 saturated heterocycles. The molecule has 43 valence electrons. The number of carbonyl (C=O) groups is 2. The third-order valence-electron chi connectivity index (χ3n) is 0.746.